The molecule has 0 spiro atoms. The number of ether oxygens (including phenoxy) is 2. The van der Waals surface area contributed by atoms with Crippen molar-refractivity contribution in [3.63, 3.8) is 0 Å². The minimum absolute atomic E-state index is 0.637. The lowest BCUT2D eigenvalue weighted by atomic mass is 10.1. The molecule has 0 aliphatic carbocycles. The summed E-state index contributed by atoms with van der Waals surface area (Å²) in [6, 6.07) is 12.5. The van der Waals surface area contributed by atoms with Gasteiger partial charge in [0, 0.05) is 30.7 Å². The van der Waals surface area contributed by atoms with Crippen molar-refractivity contribution in [2.75, 3.05) is 44.9 Å². The van der Waals surface area contributed by atoms with E-state index >= 15 is 0 Å². The number of nitrogens with zero attached hydrogens (tertiary/aromatic N) is 4. The molecular weight excluding hydrogens is 398 g/mol. The third kappa shape index (κ3) is 4.72. The average Bonchev–Trinajstić information content (AvgIpc) is 3.21. The number of methoxy groups -OCH3 is 1. The number of morpholine rings is 1. The van der Waals surface area contributed by atoms with Gasteiger partial charge in [-0.3, -0.25) is 0 Å². The lowest BCUT2D eigenvalue weighted by molar-refractivity contribution is 0.122. The van der Waals surface area contributed by atoms with E-state index < -0.39 is 0 Å². The molecule has 158 valence electrons. The van der Waals surface area contributed by atoms with Crippen molar-refractivity contribution in [1.29, 1.82) is 0 Å². The minimum atomic E-state index is 0.637. The summed E-state index contributed by atoms with van der Waals surface area (Å²) in [5, 5.41) is 2.16. The van der Waals surface area contributed by atoms with E-state index in [1.807, 2.05) is 12.1 Å². The normalized spacial score (nSPS) is 14.9. The Hall–Kier alpha value is -2.68. The number of hydrogen-bond acceptors (Lipinski definition) is 7. The van der Waals surface area contributed by atoms with Crippen LogP contribution in [0.15, 0.2) is 53.0 Å². The summed E-state index contributed by atoms with van der Waals surface area (Å²) in [6.07, 6.45) is 2.57. The van der Waals surface area contributed by atoms with Gasteiger partial charge in [-0.1, -0.05) is 12.1 Å². The van der Waals surface area contributed by atoms with Gasteiger partial charge in [-0.2, -0.15) is 0 Å². The fourth-order valence-corrected chi connectivity index (χ4v) is 4.38. The molecule has 3 heterocycles. The predicted octanol–water partition coefficient (Wildman–Crippen LogP) is 3.04. The van der Waals surface area contributed by atoms with Crippen LogP contribution in [0.5, 0.6) is 5.75 Å². The summed E-state index contributed by atoms with van der Waals surface area (Å²) in [5.41, 5.74) is 9.34. The minimum Gasteiger partial charge on any atom is -0.495 e. The first-order valence-electron chi connectivity index (χ1n) is 10.1. The van der Waals surface area contributed by atoms with Crippen LogP contribution in [0.25, 0.3) is 11.3 Å². The number of thiazole rings is 1. The van der Waals surface area contributed by atoms with Gasteiger partial charge in [0.1, 0.15) is 5.75 Å². The second kappa shape index (κ2) is 9.88. The van der Waals surface area contributed by atoms with Gasteiger partial charge in [0.2, 0.25) is 0 Å². The quantitative estimate of drug-likeness (QED) is 0.630. The second-order valence-corrected chi connectivity index (χ2v) is 7.85. The molecule has 0 atom stereocenters. The van der Waals surface area contributed by atoms with E-state index in [0.717, 1.165) is 55.5 Å². The smallest absolute Gasteiger partial charge is 0.191 e. The molecule has 0 radical (unpaired) electrons. The molecule has 1 aromatic carbocycles. The third-order valence-corrected chi connectivity index (χ3v) is 5.95. The molecule has 3 aromatic rings. The zero-order chi connectivity index (χ0) is 20.8. The predicted molar refractivity (Wildman–Crippen MR) is 120 cm³/mol. The molecule has 0 unspecified atom stereocenters. The van der Waals surface area contributed by atoms with Gasteiger partial charge in [-0.25, -0.2) is 9.98 Å². The second-order valence-electron chi connectivity index (χ2n) is 7.01. The van der Waals surface area contributed by atoms with Crippen LogP contribution in [-0.2, 0) is 11.3 Å². The summed E-state index contributed by atoms with van der Waals surface area (Å²) in [7, 11) is 1.63. The van der Waals surface area contributed by atoms with E-state index in [2.05, 4.69) is 44.1 Å². The molecule has 30 heavy (non-hydrogen) atoms. The number of aromatic nitrogens is 2. The zero-order valence-electron chi connectivity index (χ0n) is 17.2. The van der Waals surface area contributed by atoms with Crippen LogP contribution in [0.2, 0.25) is 0 Å². The molecule has 1 aliphatic rings. The molecule has 2 N–H and O–H groups in total. The van der Waals surface area contributed by atoms with Crippen molar-refractivity contribution in [2.45, 2.75) is 13.0 Å². The highest BCUT2D eigenvalue weighted by atomic mass is 32.1. The maximum absolute atomic E-state index is 5.79. The lowest BCUT2D eigenvalue weighted by Gasteiger charge is -2.28. The lowest BCUT2D eigenvalue weighted by Crippen LogP contribution is -2.36. The third-order valence-electron chi connectivity index (χ3n) is 5.09. The van der Waals surface area contributed by atoms with E-state index in [0.29, 0.717) is 12.4 Å². The van der Waals surface area contributed by atoms with E-state index in [4.69, 9.17) is 20.2 Å². The number of anilines is 1. The van der Waals surface area contributed by atoms with Crippen LogP contribution in [0, 0.1) is 0 Å². The molecule has 7 nitrogen and oxygen atoms in total. The Morgan fingerprint density at radius 1 is 1.17 bits per heavy atom. The molecule has 1 fully saturated rings. The highest BCUT2D eigenvalue weighted by Crippen LogP contribution is 2.25. The molecule has 0 amide bonds. The van der Waals surface area contributed by atoms with Crippen molar-refractivity contribution in [2.24, 2.45) is 10.7 Å². The van der Waals surface area contributed by atoms with Crippen LogP contribution in [0.3, 0.4) is 0 Å². The topological polar surface area (TPSA) is 77.9 Å². The highest BCUT2D eigenvalue weighted by Gasteiger charge is 2.13. The Morgan fingerprint density at radius 3 is 2.63 bits per heavy atom. The summed E-state index contributed by atoms with van der Waals surface area (Å²) in [5.74, 6) is 1.38. The molecule has 8 heteroatoms. The fourth-order valence-electron chi connectivity index (χ4n) is 3.44. The molecular formula is C22H27N5O2S. The van der Waals surface area contributed by atoms with E-state index in [9.17, 15) is 0 Å². The van der Waals surface area contributed by atoms with Crippen LogP contribution in [-0.4, -0.2) is 49.5 Å². The summed E-state index contributed by atoms with van der Waals surface area (Å²) in [6.45, 7) is 4.90. The highest BCUT2D eigenvalue weighted by molar-refractivity contribution is 7.07. The van der Waals surface area contributed by atoms with E-state index in [1.54, 1.807) is 24.6 Å². The van der Waals surface area contributed by atoms with Gasteiger partial charge in [0.15, 0.2) is 10.6 Å². The zero-order valence-corrected chi connectivity index (χ0v) is 18.0. The first-order chi connectivity index (χ1) is 14.8. The van der Waals surface area contributed by atoms with Gasteiger partial charge in [0.05, 0.1) is 32.2 Å². The number of pyridine rings is 1. The number of benzene rings is 1. The maximum atomic E-state index is 5.79. The number of nitrogens with two attached hydrogens (primary N) is 1. The summed E-state index contributed by atoms with van der Waals surface area (Å²) < 4.78 is 12.9. The first kappa shape index (κ1) is 20.6. The van der Waals surface area contributed by atoms with Crippen LogP contribution in [0.4, 0.5) is 11.5 Å². The first-order valence-corrected chi connectivity index (χ1v) is 11.0. The Kier molecular flexibility index (Phi) is 6.78. The molecule has 2 aromatic heterocycles. The van der Waals surface area contributed by atoms with Crippen LogP contribution >= 0.6 is 11.3 Å². The van der Waals surface area contributed by atoms with E-state index in [-0.39, 0.29) is 0 Å². The summed E-state index contributed by atoms with van der Waals surface area (Å²) >= 11 is 1.62. The van der Waals surface area contributed by atoms with Crippen molar-refractivity contribution in [3.8, 4) is 17.0 Å². The van der Waals surface area contributed by atoms with Gasteiger partial charge >= 0.3 is 0 Å². The van der Waals surface area contributed by atoms with Crippen LogP contribution in [0.1, 0.15) is 6.42 Å². The maximum Gasteiger partial charge on any atom is 0.191 e. The van der Waals surface area contributed by atoms with Gasteiger partial charge in [-0.15, -0.1) is 11.3 Å². The van der Waals surface area contributed by atoms with Gasteiger partial charge in [0.25, 0.3) is 0 Å². The van der Waals surface area contributed by atoms with Gasteiger partial charge in [-0.05, 0) is 42.8 Å². The van der Waals surface area contributed by atoms with Crippen molar-refractivity contribution >= 4 is 22.8 Å². The average molecular weight is 426 g/mol. The largest absolute Gasteiger partial charge is 0.495 e. The van der Waals surface area contributed by atoms with Crippen molar-refractivity contribution < 1.29 is 9.47 Å². The Labute approximate surface area is 180 Å². The number of rotatable bonds is 7. The standard InChI is InChI=1S/C22H27N5O2S/c1-28-19-7-8-21(24-15-19)25-22-27(10-2-9-23)20(16-30-22)17-3-5-18(6-4-17)26-11-13-29-14-12-26/h3-8,15-16H,2,9-14,23H2,1H3/b25-22-. The Morgan fingerprint density at radius 2 is 1.97 bits per heavy atom. The van der Waals surface area contributed by atoms with Crippen molar-refractivity contribution in [3.05, 3.63) is 52.8 Å². The SMILES string of the molecule is COc1ccc(/N=c2\scc(-c3ccc(N4CCOCC4)cc3)n2CCCN)nc1. The Balaban J connectivity index is 1.64. The molecule has 0 saturated carbocycles. The Bertz CT molecular complexity index is 1010. The van der Waals surface area contributed by atoms with Crippen LogP contribution < -0.4 is 20.2 Å². The summed E-state index contributed by atoms with van der Waals surface area (Å²) in [4.78, 5) is 12.4. The fraction of sp³-hybridized carbons (Fsp3) is 0.364. The monoisotopic (exact) mass is 425 g/mol. The molecule has 4 rings (SSSR count). The van der Waals surface area contributed by atoms with Gasteiger partial charge < -0.3 is 24.7 Å². The number of hydrogen-bond donors (Lipinski definition) is 1. The van der Waals surface area contributed by atoms with Crippen molar-refractivity contribution in [1.82, 2.24) is 9.55 Å². The molecule has 1 aliphatic heterocycles. The molecule has 0 bridgehead atoms. The molecule has 1 saturated heterocycles. The van der Waals surface area contributed by atoms with E-state index in [1.165, 1.54) is 11.3 Å².